The highest BCUT2D eigenvalue weighted by molar-refractivity contribution is 6.60. The molecule has 0 saturated carbocycles. The van der Waals surface area contributed by atoms with Crippen molar-refractivity contribution in [3.8, 4) is 5.75 Å². The lowest BCUT2D eigenvalue weighted by Crippen LogP contribution is -2.42. The summed E-state index contributed by atoms with van der Waals surface area (Å²) in [5, 5.41) is 0. The number of benzene rings is 2. The molecule has 0 aliphatic heterocycles. The van der Waals surface area contributed by atoms with Crippen molar-refractivity contribution in [3.63, 3.8) is 0 Å². The molecule has 0 N–H and O–H groups in total. The standard InChI is InChI=1S/C20H28O4Si/c1-17-6-8-18(9-7-17)16-19-10-12-20(13-11-19)24-14-5-15-25(21-2,22-3)23-4/h6-13H,5,14-16H2,1-4H3. The molecule has 25 heavy (non-hydrogen) atoms. The molecule has 0 spiro atoms. The first-order valence-corrected chi connectivity index (χ1v) is 10.5. The second kappa shape index (κ2) is 9.72. The fourth-order valence-electron chi connectivity index (χ4n) is 2.68. The van der Waals surface area contributed by atoms with Crippen LogP contribution in [0.3, 0.4) is 0 Å². The Morgan fingerprint density at radius 1 is 0.760 bits per heavy atom. The van der Waals surface area contributed by atoms with E-state index < -0.39 is 8.80 Å². The van der Waals surface area contributed by atoms with Gasteiger partial charge in [-0.05, 0) is 43.0 Å². The van der Waals surface area contributed by atoms with E-state index in [1.807, 2.05) is 12.1 Å². The van der Waals surface area contributed by atoms with E-state index in [9.17, 15) is 0 Å². The molecule has 4 nitrogen and oxygen atoms in total. The highest BCUT2D eigenvalue weighted by atomic mass is 28.4. The number of rotatable bonds is 10. The molecule has 2 aromatic carbocycles. The van der Waals surface area contributed by atoms with Crippen LogP contribution in [0.5, 0.6) is 5.75 Å². The van der Waals surface area contributed by atoms with Crippen molar-refractivity contribution in [3.05, 3.63) is 65.2 Å². The fourth-order valence-corrected chi connectivity index (χ4v) is 4.37. The Morgan fingerprint density at radius 3 is 1.80 bits per heavy atom. The third-order valence-electron chi connectivity index (χ3n) is 4.28. The van der Waals surface area contributed by atoms with Crippen molar-refractivity contribution < 1.29 is 18.0 Å². The molecular weight excluding hydrogens is 332 g/mol. The van der Waals surface area contributed by atoms with E-state index in [-0.39, 0.29) is 0 Å². The molecule has 0 bridgehead atoms. The van der Waals surface area contributed by atoms with Gasteiger partial charge in [0.1, 0.15) is 5.75 Å². The third-order valence-corrected chi connectivity index (χ3v) is 7.11. The van der Waals surface area contributed by atoms with Crippen LogP contribution < -0.4 is 4.74 Å². The summed E-state index contributed by atoms with van der Waals surface area (Å²) < 4.78 is 22.0. The zero-order valence-electron chi connectivity index (χ0n) is 15.6. The van der Waals surface area contributed by atoms with Crippen LogP contribution in [0.25, 0.3) is 0 Å². The summed E-state index contributed by atoms with van der Waals surface area (Å²) in [6.45, 7) is 2.72. The Bertz CT molecular complexity index is 613. The van der Waals surface area contributed by atoms with Crippen LogP contribution in [0.4, 0.5) is 0 Å². The molecule has 0 saturated heterocycles. The normalized spacial score (nSPS) is 11.5. The molecule has 0 atom stereocenters. The zero-order chi connectivity index (χ0) is 18.1. The van der Waals surface area contributed by atoms with Gasteiger partial charge in [0.15, 0.2) is 0 Å². The molecular formula is C20H28O4Si. The molecule has 5 heteroatoms. The average Bonchev–Trinajstić information content (AvgIpc) is 2.66. The predicted molar refractivity (Wildman–Crippen MR) is 102 cm³/mol. The van der Waals surface area contributed by atoms with Crippen LogP contribution >= 0.6 is 0 Å². The first-order valence-electron chi connectivity index (χ1n) is 8.53. The van der Waals surface area contributed by atoms with Crippen LogP contribution in [0, 0.1) is 6.92 Å². The Hall–Kier alpha value is -1.66. The molecule has 0 fully saturated rings. The maximum Gasteiger partial charge on any atom is 0.500 e. The molecule has 0 unspecified atom stereocenters. The molecule has 0 amide bonds. The predicted octanol–water partition coefficient (Wildman–Crippen LogP) is 4.23. The summed E-state index contributed by atoms with van der Waals surface area (Å²) in [5.41, 5.74) is 3.88. The van der Waals surface area contributed by atoms with Crippen LogP contribution in [-0.2, 0) is 19.7 Å². The minimum Gasteiger partial charge on any atom is -0.494 e. The highest BCUT2D eigenvalue weighted by Crippen LogP contribution is 2.18. The van der Waals surface area contributed by atoms with Crippen LogP contribution in [0.2, 0.25) is 6.04 Å². The van der Waals surface area contributed by atoms with E-state index >= 15 is 0 Å². The summed E-state index contributed by atoms with van der Waals surface area (Å²) in [7, 11) is 2.40. The molecule has 2 aromatic rings. The smallest absolute Gasteiger partial charge is 0.494 e. The lowest BCUT2D eigenvalue weighted by Gasteiger charge is -2.24. The van der Waals surface area contributed by atoms with Crippen molar-refractivity contribution in [2.75, 3.05) is 27.9 Å². The van der Waals surface area contributed by atoms with Gasteiger partial charge in [-0.2, -0.15) is 0 Å². The molecule has 0 aliphatic carbocycles. The minimum atomic E-state index is -2.49. The van der Waals surface area contributed by atoms with E-state index in [0.717, 1.165) is 24.6 Å². The van der Waals surface area contributed by atoms with Gasteiger partial charge in [-0.1, -0.05) is 42.0 Å². The lowest BCUT2D eigenvalue weighted by molar-refractivity contribution is 0.121. The van der Waals surface area contributed by atoms with Gasteiger partial charge in [0.05, 0.1) is 6.61 Å². The van der Waals surface area contributed by atoms with Crippen molar-refractivity contribution >= 4 is 8.80 Å². The van der Waals surface area contributed by atoms with Crippen molar-refractivity contribution in [1.29, 1.82) is 0 Å². The maximum atomic E-state index is 5.81. The maximum absolute atomic E-state index is 5.81. The summed E-state index contributed by atoms with van der Waals surface area (Å²) in [6, 6.07) is 17.7. The third kappa shape index (κ3) is 5.97. The van der Waals surface area contributed by atoms with Gasteiger partial charge in [0.25, 0.3) is 0 Å². The van der Waals surface area contributed by atoms with Gasteiger partial charge >= 0.3 is 8.80 Å². The fraction of sp³-hybridized carbons (Fsp3) is 0.400. The Kier molecular flexibility index (Phi) is 7.65. The van der Waals surface area contributed by atoms with Gasteiger partial charge in [0, 0.05) is 27.4 Å². The first kappa shape index (κ1) is 19.7. The molecule has 0 radical (unpaired) electrons. The average molecular weight is 361 g/mol. The monoisotopic (exact) mass is 360 g/mol. The van der Waals surface area contributed by atoms with Crippen molar-refractivity contribution in [2.24, 2.45) is 0 Å². The summed E-state index contributed by atoms with van der Waals surface area (Å²) >= 11 is 0. The number of hydrogen-bond acceptors (Lipinski definition) is 4. The largest absolute Gasteiger partial charge is 0.500 e. The number of aryl methyl sites for hydroxylation is 1. The zero-order valence-corrected chi connectivity index (χ0v) is 16.6. The van der Waals surface area contributed by atoms with E-state index in [1.54, 1.807) is 21.3 Å². The Labute approximate surface area is 152 Å². The van der Waals surface area contributed by atoms with E-state index in [4.69, 9.17) is 18.0 Å². The SMILES string of the molecule is CO[Si](CCCOc1ccc(Cc2ccc(C)cc2)cc1)(OC)OC. The van der Waals surface area contributed by atoms with Crippen molar-refractivity contribution in [1.82, 2.24) is 0 Å². The minimum absolute atomic E-state index is 0.613. The van der Waals surface area contributed by atoms with E-state index in [1.165, 1.54) is 16.7 Å². The Balaban J connectivity index is 1.79. The summed E-state index contributed by atoms with van der Waals surface area (Å²) in [6.07, 6.45) is 1.76. The Morgan fingerprint density at radius 2 is 1.28 bits per heavy atom. The van der Waals surface area contributed by atoms with Gasteiger partial charge < -0.3 is 18.0 Å². The van der Waals surface area contributed by atoms with Crippen LogP contribution in [-0.4, -0.2) is 36.7 Å². The lowest BCUT2D eigenvalue weighted by atomic mass is 10.0. The van der Waals surface area contributed by atoms with E-state index in [2.05, 4.69) is 43.3 Å². The van der Waals surface area contributed by atoms with E-state index in [0.29, 0.717) is 6.61 Å². The quantitative estimate of drug-likeness (QED) is 0.469. The number of hydrogen-bond donors (Lipinski definition) is 0. The van der Waals surface area contributed by atoms with Gasteiger partial charge in [0.2, 0.25) is 0 Å². The second-order valence-electron chi connectivity index (χ2n) is 6.05. The topological polar surface area (TPSA) is 36.9 Å². The van der Waals surface area contributed by atoms with Gasteiger partial charge in [-0.15, -0.1) is 0 Å². The molecule has 136 valence electrons. The second-order valence-corrected chi connectivity index (χ2v) is 9.14. The van der Waals surface area contributed by atoms with Crippen molar-refractivity contribution in [2.45, 2.75) is 25.8 Å². The first-order chi connectivity index (χ1) is 12.1. The highest BCUT2D eigenvalue weighted by Gasteiger charge is 2.36. The molecule has 0 aliphatic rings. The van der Waals surface area contributed by atoms with Crippen LogP contribution in [0.1, 0.15) is 23.1 Å². The van der Waals surface area contributed by atoms with Gasteiger partial charge in [-0.25, -0.2) is 0 Å². The molecule has 2 rings (SSSR count). The summed E-state index contributed by atoms with van der Waals surface area (Å²) in [4.78, 5) is 0. The molecule has 0 aromatic heterocycles. The van der Waals surface area contributed by atoms with Crippen LogP contribution in [0.15, 0.2) is 48.5 Å². The molecule has 0 heterocycles. The van der Waals surface area contributed by atoms with Gasteiger partial charge in [-0.3, -0.25) is 0 Å². The summed E-state index contributed by atoms with van der Waals surface area (Å²) in [5.74, 6) is 0.882. The number of ether oxygens (including phenoxy) is 1.